The van der Waals surface area contributed by atoms with Gasteiger partial charge in [-0.3, -0.25) is 9.48 Å². The number of sulfonamides is 1. The number of ether oxygens (including phenoxy) is 1. The van der Waals surface area contributed by atoms with Crippen LogP contribution in [0.1, 0.15) is 35.6 Å². The monoisotopic (exact) mass is 486 g/mol. The van der Waals surface area contributed by atoms with E-state index in [9.17, 15) is 13.2 Å². The van der Waals surface area contributed by atoms with Crippen molar-refractivity contribution in [1.82, 2.24) is 23.9 Å². The molecule has 182 valence electrons. The molecule has 0 N–H and O–H groups in total. The number of anilines is 1. The van der Waals surface area contributed by atoms with Crippen molar-refractivity contribution in [2.75, 3.05) is 37.7 Å². The number of nitrogens with zero attached hydrogens (tertiary/aromatic N) is 6. The van der Waals surface area contributed by atoms with E-state index in [1.165, 1.54) is 19.9 Å². The second kappa shape index (κ2) is 9.59. The van der Waals surface area contributed by atoms with Gasteiger partial charge in [0.1, 0.15) is 11.3 Å². The Labute approximate surface area is 199 Å². The predicted octanol–water partition coefficient (Wildman–Crippen LogP) is 2.31. The fraction of sp³-hybridized carbons (Fsp3) is 0.435. The molecule has 1 saturated heterocycles. The number of hydrogen-bond donors (Lipinski definition) is 0. The van der Waals surface area contributed by atoms with Crippen LogP contribution in [-0.4, -0.2) is 71.0 Å². The Kier molecular flexibility index (Phi) is 6.76. The van der Waals surface area contributed by atoms with E-state index in [4.69, 9.17) is 4.74 Å². The maximum absolute atomic E-state index is 13.6. The molecule has 1 aromatic carbocycles. The first-order valence-electron chi connectivity index (χ1n) is 11.4. The number of para-hydroxylation sites is 2. The largest absolute Gasteiger partial charge is 0.492 e. The predicted molar refractivity (Wildman–Crippen MR) is 128 cm³/mol. The van der Waals surface area contributed by atoms with E-state index in [1.807, 2.05) is 38.1 Å². The van der Waals surface area contributed by atoms with Gasteiger partial charge in [0.05, 0.1) is 18.0 Å². The van der Waals surface area contributed by atoms with Gasteiger partial charge in [0.25, 0.3) is 15.9 Å². The molecule has 0 atom stereocenters. The zero-order chi connectivity index (χ0) is 24.5. The third kappa shape index (κ3) is 4.45. The molecule has 10 nitrogen and oxygen atoms in total. The summed E-state index contributed by atoms with van der Waals surface area (Å²) in [5.74, 6) is 0.272. The number of hydrogen-bond acceptors (Lipinski definition) is 7. The lowest BCUT2D eigenvalue weighted by molar-refractivity contribution is 0.0938. The standard InChI is InChI=1S/C23H30N6O4S/c1-5-27-16-19(23(30)29-18(4)15-17(3)24-29)22(25-27)34(31,32)28-13-11-26(12-14-28)20-9-7-8-10-21(20)33-6-2/h7-10,15-16H,5-6,11-14H2,1-4H3. The molecule has 3 aromatic rings. The Balaban J connectivity index is 1.59. The molecule has 0 spiro atoms. The number of carbonyl (C=O) groups excluding carboxylic acids is 1. The highest BCUT2D eigenvalue weighted by Gasteiger charge is 2.35. The summed E-state index contributed by atoms with van der Waals surface area (Å²) >= 11 is 0. The van der Waals surface area contributed by atoms with Crippen molar-refractivity contribution in [3.63, 3.8) is 0 Å². The van der Waals surface area contributed by atoms with Crippen molar-refractivity contribution in [3.8, 4) is 5.75 Å². The maximum atomic E-state index is 13.6. The number of aryl methyl sites for hydroxylation is 3. The first-order chi connectivity index (χ1) is 16.3. The molecule has 0 aliphatic carbocycles. The SMILES string of the molecule is CCOc1ccccc1N1CCN(S(=O)(=O)c2nn(CC)cc2C(=O)n2nc(C)cc2C)CC1. The molecule has 11 heteroatoms. The van der Waals surface area contributed by atoms with E-state index in [2.05, 4.69) is 15.1 Å². The van der Waals surface area contributed by atoms with Gasteiger partial charge in [-0.05, 0) is 45.9 Å². The number of aromatic nitrogens is 4. The number of carbonyl (C=O) groups is 1. The molecule has 2 aromatic heterocycles. The highest BCUT2D eigenvalue weighted by Crippen LogP contribution is 2.30. The molecule has 1 fully saturated rings. The van der Waals surface area contributed by atoms with E-state index >= 15 is 0 Å². The lowest BCUT2D eigenvalue weighted by atomic mass is 10.2. The summed E-state index contributed by atoms with van der Waals surface area (Å²) in [4.78, 5) is 15.4. The van der Waals surface area contributed by atoms with E-state index in [0.717, 1.165) is 11.4 Å². The van der Waals surface area contributed by atoms with Crippen molar-refractivity contribution in [2.24, 2.45) is 0 Å². The Morgan fingerprint density at radius 3 is 2.38 bits per heavy atom. The highest BCUT2D eigenvalue weighted by atomic mass is 32.2. The fourth-order valence-corrected chi connectivity index (χ4v) is 5.65. The lowest BCUT2D eigenvalue weighted by Crippen LogP contribution is -2.49. The molecule has 0 bridgehead atoms. The first kappa shape index (κ1) is 24.0. The minimum absolute atomic E-state index is 0.0252. The summed E-state index contributed by atoms with van der Waals surface area (Å²) in [7, 11) is -3.99. The van der Waals surface area contributed by atoms with Gasteiger partial charge in [-0.25, -0.2) is 13.1 Å². The summed E-state index contributed by atoms with van der Waals surface area (Å²) in [6, 6.07) is 9.52. The van der Waals surface area contributed by atoms with Crippen LogP contribution >= 0.6 is 0 Å². The van der Waals surface area contributed by atoms with Crippen LogP contribution in [0.2, 0.25) is 0 Å². The second-order valence-corrected chi connectivity index (χ2v) is 9.99. The maximum Gasteiger partial charge on any atom is 0.283 e. The third-order valence-corrected chi connectivity index (χ3v) is 7.65. The summed E-state index contributed by atoms with van der Waals surface area (Å²) in [6.07, 6.45) is 1.49. The molecule has 0 amide bonds. The fourth-order valence-electron chi connectivity index (χ4n) is 4.14. The minimum Gasteiger partial charge on any atom is -0.492 e. The average molecular weight is 487 g/mol. The van der Waals surface area contributed by atoms with Gasteiger partial charge in [0, 0.05) is 44.6 Å². The van der Waals surface area contributed by atoms with Crippen LogP contribution in [0.5, 0.6) is 5.75 Å². The van der Waals surface area contributed by atoms with Crippen LogP contribution in [0.15, 0.2) is 41.6 Å². The Hall–Kier alpha value is -3.18. The van der Waals surface area contributed by atoms with Crippen LogP contribution in [0.3, 0.4) is 0 Å². The van der Waals surface area contributed by atoms with Gasteiger partial charge >= 0.3 is 0 Å². The van der Waals surface area contributed by atoms with Gasteiger partial charge in [-0.2, -0.15) is 14.5 Å². The second-order valence-electron chi connectivity index (χ2n) is 8.14. The highest BCUT2D eigenvalue weighted by molar-refractivity contribution is 7.89. The van der Waals surface area contributed by atoms with Crippen LogP contribution < -0.4 is 9.64 Å². The van der Waals surface area contributed by atoms with E-state index in [0.29, 0.717) is 37.6 Å². The summed E-state index contributed by atoms with van der Waals surface area (Å²) in [6.45, 7) is 9.86. The van der Waals surface area contributed by atoms with Crippen LogP contribution in [0, 0.1) is 13.8 Å². The van der Waals surface area contributed by atoms with E-state index < -0.39 is 15.9 Å². The number of benzene rings is 1. The van der Waals surface area contributed by atoms with Crippen LogP contribution in [-0.2, 0) is 16.6 Å². The van der Waals surface area contributed by atoms with Gasteiger partial charge < -0.3 is 9.64 Å². The van der Waals surface area contributed by atoms with Crippen molar-refractivity contribution in [3.05, 3.63) is 53.5 Å². The van der Waals surface area contributed by atoms with Crippen molar-refractivity contribution in [1.29, 1.82) is 0 Å². The zero-order valence-corrected chi connectivity index (χ0v) is 20.7. The molecule has 1 aliphatic rings. The average Bonchev–Trinajstić information content (AvgIpc) is 3.42. The summed E-state index contributed by atoms with van der Waals surface area (Å²) < 4.78 is 37.0. The molecule has 3 heterocycles. The smallest absolute Gasteiger partial charge is 0.283 e. The van der Waals surface area contributed by atoms with Crippen molar-refractivity contribution in [2.45, 2.75) is 39.3 Å². The molecular weight excluding hydrogens is 456 g/mol. The van der Waals surface area contributed by atoms with Crippen LogP contribution in [0.25, 0.3) is 0 Å². The van der Waals surface area contributed by atoms with E-state index in [1.54, 1.807) is 19.9 Å². The summed E-state index contributed by atoms with van der Waals surface area (Å²) in [5.41, 5.74) is 2.28. The quantitative estimate of drug-likeness (QED) is 0.505. The first-order valence-corrected chi connectivity index (χ1v) is 12.8. The molecular formula is C23H30N6O4S. The van der Waals surface area contributed by atoms with Gasteiger partial charge in [0.2, 0.25) is 5.03 Å². The Bertz CT molecular complexity index is 1290. The van der Waals surface area contributed by atoms with Gasteiger partial charge in [-0.15, -0.1) is 0 Å². The molecule has 34 heavy (non-hydrogen) atoms. The molecule has 0 unspecified atom stereocenters. The number of piperazine rings is 1. The molecule has 4 rings (SSSR count). The van der Waals surface area contributed by atoms with Gasteiger partial charge in [-0.1, -0.05) is 12.1 Å². The minimum atomic E-state index is -3.99. The topological polar surface area (TPSA) is 103 Å². The lowest BCUT2D eigenvalue weighted by Gasteiger charge is -2.35. The molecule has 1 aliphatic heterocycles. The van der Waals surface area contributed by atoms with Crippen molar-refractivity contribution < 1.29 is 17.9 Å². The number of rotatable bonds is 7. The Morgan fingerprint density at radius 1 is 1.06 bits per heavy atom. The Morgan fingerprint density at radius 2 is 1.76 bits per heavy atom. The van der Waals surface area contributed by atoms with Gasteiger partial charge in [0.15, 0.2) is 0 Å². The molecule has 0 radical (unpaired) electrons. The van der Waals surface area contributed by atoms with Crippen LogP contribution in [0.4, 0.5) is 5.69 Å². The normalized spacial score (nSPS) is 15.0. The third-order valence-electron chi connectivity index (χ3n) is 5.81. The molecule has 0 saturated carbocycles. The zero-order valence-electron chi connectivity index (χ0n) is 19.9. The summed E-state index contributed by atoms with van der Waals surface area (Å²) in [5, 5.41) is 8.27. The van der Waals surface area contributed by atoms with E-state index in [-0.39, 0.29) is 23.7 Å². The van der Waals surface area contributed by atoms with Crippen molar-refractivity contribution >= 4 is 21.6 Å².